The van der Waals surface area contributed by atoms with Crippen LogP contribution >= 0.6 is 12.4 Å². The second-order valence-corrected chi connectivity index (χ2v) is 4.77. The molecule has 0 bridgehead atoms. The Hall–Kier alpha value is -1.10. The fourth-order valence-corrected chi connectivity index (χ4v) is 2.42. The van der Waals surface area contributed by atoms with Gasteiger partial charge in [0.15, 0.2) is 0 Å². The lowest BCUT2D eigenvalue weighted by atomic mass is 10.1. The number of benzene rings is 1. The maximum Gasteiger partial charge on any atom is 0.253 e. The van der Waals surface area contributed by atoms with Gasteiger partial charge in [-0.05, 0) is 18.7 Å². The van der Waals surface area contributed by atoms with E-state index >= 15 is 0 Å². The number of β-amino-alcohol motifs (C(OH)–C–C–N with tert-alkyl or cyclic N) is 1. The van der Waals surface area contributed by atoms with Crippen molar-refractivity contribution in [1.29, 1.82) is 0 Å². The lowest BCUT2D eigenvalue weighted by Gasteiger charge is -2.26. The number of hydrogen-bond acceptors (Lipinski definition) is 3. The van der Waals surface area contributed by atoms with Gasteiger partial charge in [-0.3, -0.25) is 9.69 Å². The van der Waals surface area contributed by atoms with E-state index in [1.807, 2.05) is 18.2 Å². The minimum atomic E-state index is -0.456. The van der Waals surface area contributed by atoms with Gasteiger partial charge in [-0.15, -0.1) is 12.4 Å². The second-order valence-electron chi connectivity index (χ2n) is 4.77. The Morgan fingerprint density at radius 1 is 1.37 bits per heavy atom. The molecule has 1 amide bonds. The molecule has 1 aliphatic rings. The van der Waals surface area contributed by atoms with Crippen molar-refractivity contribution in [3.63, 3.8) is 0 Å². The number of aliphatic hydroxyl groups is 1. The SMILES string of the molecule is CCN1C[C@H](O)[C@@H](N(C)C(=O)c2ccccc2)C1.Cl. The maximum absolute atomic E-state index is 12.3. The van der Waals surface area contributed by atoms with Gasteiger partial charge in [-0.1, -0.05) is 25.1 Å². The lowest BCUT2D eigenvalue weighted by Crippen LogP contribution is -2.44. The van der Waals surface area contributed by atoms with E-state index in [9.17, 15) is 9.90 Å². The predicted octanol–water partition coefficient (Wildman–Crippen LogP) is 1.25. The Morgan fingerprint density at radius 3 is 2.53 bits per heavy atom. The van der Waals surface area contributed by atoms with E-state index in [0.29, 0.717) is 12.1 Å². The van der Waals surface area contributed by atoms with Crippen LogP contribution in [0, 0.1) is 0 Å². The predicted molar refractivity (Wildman–Crippen MR) is 77.7 cm³/mol. The maximum atomic E-state index is 12.3. The summed E-state index contributed by atoms with van der Waals surface area (Å²) in [5.74, 6) is -0.0300. The molecule has 5 heteroatoms. The minimum Gasteiger partial charge on any atom is -0.390 e. The normalized spacial score (nSPS) is 22.9. The summed E-state index contributed by atoms with van der Waals surface area (Å²) in [7, 11) is 1.77. The van der Waals surface area contributed by atoms with E-state index in [1.165, 1.54) is 0 Å². The molecule has 0 aromatic heterocycles. The number of halogens is 1. The molecule has 1 fully saturated rings. The molecule has 1 aliphatic heterocycles. The smallest absolute Gasteiger partial charge is 0.253 e. The van der Waals surface area contributed by atoms with Gasteiger partial charge in [0.1, 0.15) is 0 Å². The van der Waals surface area contributed by atoms with Crippen molar-refractivity contribution in [2.45, 2.75) is 19.1 Å². The quantitative estimate of drug-likeness (QED) is 0.908. The molecule has 1 aromatic carbocycles. The molecule has 2 atom stereocenters. The van der Waals surface area contributed by atoms with E-state index in [4.69, 9.17) is 0 Å². The first-order chi connectivity index (χ1) is 8.63. The number of likely N-dealkylation sites (tertiary alicyclic amines) is 1. The topological polar surface area (TPSA) is 43.8 Å². The van der Waals surface area contributed by atoms with Gasteiger partial charge in [0.05, 0.1) is 12.1 Å². The standard InChI is InChI=1S/C14H20N2O2.ClH/c1-3-16-9-12(13(17)10-16)15(2)14(18)11-7-5-4-6-8-11;/h4-8,12-13,17H,3,9-10H2,1-2H3;1H/t12-,13-;/m0./s1. The van der Waals surface area contributed by atoms with Crippen LogP contribution in [-0.2, 0) is 0 Å². The van der Waals surface area contributed by atoms with Gasteiger partial charge in [0.2, 0.25) is 0 Å². The fourth-order valence-electron chi connectivity index (χ4n) is 2.42. The third-order valence-corrected chi connectivity index (χ3v) is 3.62. The molecule has 1 heterocycles. The van der Waals surface area contributed by atoms with Crippen LogP contribution in [0.15, 0.2) is 30.3 Å². The lowest BCUT2D eigenvalue weighted by molar-refractivity contribution is 0.0581. The van der Waals surface area contributed by atoms with Crippen LogP contribution in [-0.4, -0.2) is 59.6 Å². The van der Waals surface area contributed by atoms with Crippen molar-refractivity contribution in [2.75, 3.05) is 26.7 Å². The molecular formula is C14H21ClN2O2. The minimum absolute atomic E-state index is 0. The molecule has 106 valence electrons. The van der Waals surface area contributed by atoms with Gasteiger partial charge in [0.25, 0.3) is 5.91 Å². The molecule has 1 N–H and O–H groups in total. The zero-order valence-electron chi connectivity index (χ0n) is 11.3. The molecule has 0 unspecified atom stereocenters. The summed E-state index contributed by atoms with van der Waals surface area (Å²) in [6.45, 7) is 4.36. The van der Waals surface area contributed by atoms with E-state index < -0.39 is 6.10 Å². The van der Waals surface area contributed by atoms with E-state index in [2.05, 4.69) is 11.8 Å². The molecule has 2 rings (SSSR count). The van der Waals surface area contributed by atoms with Crippen molar-refractivity contribution in [2.24, 2.45) is 0 Å². The van der Waals surface area contributed by atoms with Gasteiger partial charge >= 0.3 is 0 Å². The van der Waals surface area contributed by atoms with Gasteiger partial charge < -0.3 is 10.0 Å². The third-order valence-electron chi connectivity index (χ3n) is 3.62. The van der Waals surface area contributed by atoms with Crippen LogP contribution in [0.3, 0.4) is 0 Å². The van der Waals surface area contributed by atoms with Crippen LogP contribution in [0.5, 0.6) is 0 Å². The summed E-state index contributed by atoms with van der Waals surface area (Å²) in [4.78, 5) is 16.1. The Bertz CT molecular complexity index is 413. The molecule has 0 aliphatic carbocycles. The summed E-state index contributed by atoms with van der Waals surface area (Å²) >= 11 is 0. The summed E-state index contributed by atoms with van der Waals surface area (Å²) in [5.41, 5.74) is 0.669. The van der Waals surface area contributed by atoms with E-state index in [-0.39, 0.29) is 24.4 Å². The Balaban J connectivity index is 0.00000180. The van der Waals surface area contributed by atoms with Crippen molar-refractivity contribution in [3.8, 4) is 0 Å². The van der Waals surface area contributed by atoms with Crippen molar-refractivity contribution >= 4 is 18.3 Å². The zero-order chi connectivity index (χ0) is 13.1. The number of carbonyl (C=O) groups is 1. The third kappa shape index (κ3) is 3.47. The highest BCUT2D eigenvalue weighted by Crippen LogP contribution is 2.17. The molecular weight excluding hydrogens is 264 g/mol. The largest absolute Gasteiger partial charge is 0.390 e. The molecule has 1 aromatic rings. The first kappa shape index (κ1) is 16.0. The average Bonchev–Trinajstić information content (AvgIpc) is 2.79. The molecule has 0 spiro atoms. The van der Waals surface area contributed by atoms with Gasteiger partial charge in [-0.25, -0.2) is 0 Å². The highest BCUT2D eigenvalue weighted by molar-refractivity contribution is 5.94. The number of carbonyl (C=O) groups excluding carboxylic acids is 1. The van der Waals surface area contributed by atoms with Crippen LogP contribution < -0.4 is 0 Å². The summed E-state index contributed by atoms with van der Waals surface area (Å²) in [6, 6.07) is 9.09. The molecule has 19 heavy (non-hydrogen) atoms. The molecule has 0 saturated carbocycles. The molecule has 1 saturated heterocycles. The fraction of sp³-hybridized carbons (Fsp3) is 0.500. The highest BCUT2D eigenvalue weighted by Gasteiger charge is 2.35. The Labute approximate surface area is 120 Å². The monoisotopic (exact) mass is 284 g/mol. The average molecular weight is 285 g/mol. The van der Waals surface area contributed by atoms with E-state index in [1.54, 1.807) is 24.1 Å². The van der Waals surface area contributed by atoms with Gasteiger partial charge in [0, 0.05) is 25.7 Å². The summed E-state index contributed by atoms with van der Waals surface area (Å²) in [5, 5.41) is 10.0. The summed E-state index contributed by atoms with van der Waals surface area (Å²) < 4.78 is 0. The summed E-state index contributed by atoms with van der Waals surface area (Å²) in [6.07, 6.45) is -0.456. The van der Waals surface area contributed by atoms with Crippen molar-refractivity contribution in [3.05, 3.63) is 35.9 Å². The number of likely N-dealkylation sites (N-methyl/N-ethyl adjacent to an activating group) is 2. The zero-order valence-corrected chi connectivity index (χ0v) is 12.1. The van der Waals surface area contributed by atoms with E-state index in [0.717, 1.165) is 13.1 Å². The van der Waals surface area contributed by atoms with Gasteiger partial charge in [-0.2, -0.15) is 0 Å². The first-order valence-electron chi connectivity index (χ1n) is 6.36. The molecule has 0 radical (unpaired) electrons. The number of nitrogens with zero attached hydrogens (tertiary/aromatic N) is 2. The van der Waals surface area contributed by atoms with Crippen molar-refractivity contribution < 1.29 is 9.90 Å². The highest BCUT2D eigenvalue weighted by atomic mass is 35.5. The number of amides is 1. The van der Waals surface area contributed by atoms with Crippen LogP contribution in [0.1, 0.15) is 17.3 Å². The number of rotatable bonds is 3. The van der Waals surface area contributed by atoms with Crippen molar-refractivity contribution in [1.82, 2.24) is 9.80 Å². The van der Waals surface area contributed by atoms with Crippen LogP contribution in [0.25, 0.3) is 0 Å². The molecule has 4 nitrogen and oxygen atoms in total. The Morgan fingerprint density at radius 2 is 2.00 bits per heavy atom. The van der Waals surface area contributed by atoms with Crippen LogP contribution in [0.4, 0.5) is 0 Å². The number of hydrogen-bond donors (Lipinski definition) is 1. The van der Waals surface area contributed by atoms with Crippen LogP contribution in [0.2, 0.25) is 0 Å². The second kappa shape index (κ2) is 6.89. The Kier molecular flexibility index (Phi) is 5.79. The first-order valence-corrected chi connectivity index (χ1v) is 6.36. The number of aliphatic hydroxyl groups excluding tert-OH is 1.